The van der Waals surface area contributed by atoms with E-state index in [1.54, 1.807) is 18.2 Å². The van der Waals surface area contributed by atoms with Crippen LogP contribution in [0.2, 0.25) is 0 Å². The lowest BCUT2D eigenvalue weighted by molar-refractivity contribution is -0.121. The Bertz CT molecular complexity index is 845. The molecule has 0 spiro atoms. The maximum atomic E-state index is 13.0. The van der Waals surface area contributed by atoms with Crippen LogP contribution < -0.4 is 10.9 Å². The summed E-state index contributed by atoms with van der Waals surface area (Å²) in [6.45, 7) is 2.33. The van der Waals surface area contributed by atoms with Crippen LogP contribution in [0.4, 0.5) is 4.39 Å². The molecule has 27 heavy (non-hydrogen) atoms. The Balaban J connectivity index is 1.66. The van der Waals surface area contributed by atoms with Crippen molar-refractivity contribution in [2.45, 2.75) is 64.5 Å². The molecule has 0 saturated heterocycles. The standard InChI is InChI=1S/C21H26FN3O2/c1-2-18(23-20(26)12-15-8-10-17(22)11-9-15)14-25-21(27)13-16-6-4-3-5-7-19(16)24-25/h8-11,13,18H,2-7,12,14H2,1H3,(H,23,26)/t18-/m0/s1. The summed E-state index contributed by atoms with van der Waals surface area (Å²) in [5.41, 5.74) is 2.73. The lowest BCUT2D eigenvalue weighted by atomic mass is 10.1. The molecule has 5 nitrogen and oxygen atoms in total. The number of carbonyl (C=O) groups excluding carboxylic acids is 1. The maximum Gasteiger partial charge on any atom is 0.267 e. The summed E-state index contributed by atoms with van der Waals surface area (Å²) in [7, 11) is 0. The van der Waals surface area contributed by atoms with Crippen molar-refractivity contribution in [3.63, 3.8) is 0 Å². The third-order valence-corrected chi connectivity index (χ3v) is 5.05. The van der Waals surface area contributed by atoms with Gasteiger partial charge in [0.25, 0.3) is 5.56 Å². The normalized spacial score (nSPS) is 14.9. The summed E-state index contributed by atoms with van der Waals surface area (Å²) in [6, 6.07) is 7.44. The van der Waals surface area contributed by atoms with Crippen molar-refractivity contribution in [3.05, 3.63) is 63.3 Å². The van der Waals surface area contributed by atoms with Crippen molar-refractivity contribution in [1.29, 1.82) is 0 Å². The maximum absolute atomic E-state index is 13.0. The van der Waals surface area contributed by atoms with Gasteiger partial charge >= 0.3 is 0 Å². The zero-order chi connectivity index (χ0) is 19.2. The van der Waals surface area contributed by atoms with Gasteiger partial charge in [-0.1, -0.05) is 25.5 Å². The molecular formula is C21H26FN3O2. The average molecular weight is 371 g/mol. The fraction of sp³-hybridized carbons (Fsp3) is 0.476. The number of benzene rings is 1. The second kappa shape index (κ2) is 8.93. The van der Waals surface area contributed by atoms with Gasteiger partial charge in [0.1, 0.15) is 5.82 Å². The van der Waals surface area contributed by atoms with Crippen LogP contribution in [0.1, 0.15) is 49.4 Å². The Kier molecular flexibility index (Phi) is 6.37. The van der Waals surface area contributed by atoms with Crippen molar-refractivity contribution < 1.29 is 9.18 Å². The third-order valence-electron chi connectivity index (χ3n) is 5.05. The van der Waals surface area contributed by atoms with E-state index in [1.165, 1.54) is 23.2 Å². The molecule has 1 aromatic carbocycles. The highest BCUT2D eigenvalue weighted by Crippen LogP contribution is 2.17. The highest BCUT2D eigenvalue weighted by molar-refractivity contribution is 5.78. The minimum Gasteiger partial charge on any atom is -0.351 e. The number of amides is 1. The summed E-state index contributed by atoms with van der Waals surface area (Å²) < 4.78 is 14.5. The van der Waals surface area contributed by atoms with Gasteiger partial charge in [0.05, 0.1) is 18.7 Å². The van der Waals surface area contributed by atoms with E-state index in [0.717, 1.165) is 42.5 Å². The Morgan fingerprint density at radius 2 is 1.96 bits per heavy atom. The number of aryl methyl sites for hydroxylation is 2. The smallest absolute Gasteiger partial charge is 0.267 e. The van der Waals surface area contributed by atoms with E-state index in [4.69, 9.17) is 0 Å². The van der Waals surface area contributed by atoms with E-state index in [1.807, 2.05) is 6.92 Å². The van der Waals surface area contributed by atoms with Crippen LogP contribution >= 0.6 is 0 Å². The van der Waals surface area contributed by atoms with Crippen LogP contribution in [0, 0.1) is 5.82 Å². The fourth-order valence-electron chi connectivity index (χ4n) is 3.46. The molecule has 0 aliphatic heterocycles. The van der Waals surface area contributed by atoms with Crippen molar-refractivity contribution in [3.8, 4) is 0 Å². The number of rotatable bonds is 6. The largest absolute Gasteiger partial charge is 0.351 e. The van der Waals surface area contributed by atoms with Crippen molar-refractivity contribution >= 4 is 5.91 Å². The number of nitrogens with zero attached hydrogens (tertiary/aromatic N) is 2. The summed E-state index contributed by atoms with van der Waals surface area (Å²) in [6.07, 6.45) is 6.08. The van der Waals surface area contributed by atoms with E-state index >= 15 is 0 Å². The predicted octanol–water partition coefficient (Wildman–Crippen LogP) is 2.79. The quantitative estimate of drug-likeness (QED) is 0.794. The van der Waals surface area contributed by atoms with Gasteiger partial charge in [0, 0.05) is 12.1 Å². The van der Waals surface area contributed by atoms with E-state index in [-0.39, 0.29) is 29.7 Å². The Morgan fingerprint density at radius 3 is 2.70 bits per heavy atom. The lowest BCUT2D eigenvalue weighted by Crippen LogP contribution is -2.41. The fourth-order valence-corrected chi connectivity index (χ4v) is 3.46. The van der Waals surface area contributed by atoms with Gasteiger partial charge in [-0.15, -0.1) is 0 Å². The molecule has 0 bridgehead atoms. The van der Waals surface area contributed by atoms with Gasteiger partial charge in [-0.05, 0) is 55.4 Å². The number of aromatic nitrogens is 2. The number of carbonyl (C=O) groups is 1. The molecule has 0 radical (unpaired) electrons. The molecule has 2 aromatic rings. The predicted molar refractivity (Wildman–Crippen MR) is 102 cm³/mol. The molecule has 1 amide bonds. The molecule has 1 aliphatic carbocycles. The molecule has 1 aromatic heterocycles. The SMILES string of the molecule is CC[C@@H](Cn1nc2c(cc1=O)CCCCC2)NC(=O)Cc1ccc(F)cc1. The number of hydrogen-bond acceptors (Lipinski definition) is 3. The van der Waals surface area contributed by atoms with E-state index in [0.29, 0.717) is 13.0 Å². The lowest BCUT2D eigenvalue weighted by Gasteiger charge is -2.18. The van der Waals surface area contributed by atoms with Crippen molar-refractivity contribution in [1.82, 2.24) is 15.1 Å². The van der Waals surface area contributed by atoms with Crippen molar-refractivity contribution in [2.24, 2.45) is 0 Å². The average Bonchev–Trinajstić information content (AvgIpc) is 2.88. The first kappa shape index (κ1) is 19.3. The van der Waals surface area contributed by atoms with Crippen LogP contribution in [0.15, 0.2) is 35.1 Å². The zero-order valence-corrected chi connectivity index (χ0v) is 15.7. The molecule has 144 valence electrons. The monoisotopic (exact) mass is 371 g/mol. The van der Waals surface area contributed by atoms with Crippen molar-refractivity contribution in [2.75, 3.05) is 0 Å². The highest BCUT2D eigenvalue weighted by Gasteiger charge is 2.16. The van der Waals surface area contributed by atoms with E-state index < -0.39 is 0 Å². The molecule has 6 heteroatoms. The number of fused-ring (bicyclic) bond motifs is 1. The van der Waals surface area contributed by atoms with E-state index in [2.05, 4.69) is 10.4 Å². The van der Waals surface area contributed by atoms with Gasteiger partial charge in [-0.25, -0.2) is 9.07 Å². The third kappa shape index (κ3) is 5.25. The molecule has 1 atom stereocenters. The van der Waals surface area contributed by atoms with Gasteiger partial charge in [-0.3, -0.25) is 9.59 Å². The van der Waals surface area contributed by atoms with Crippen LogP contribution in [0.3, 0.4) is 0 Å². The second-order valence-corrected chi connectivity index (χ2v) is 7.17. The second-order valence-electron chi connectivity index (χ2n) is 7.17. The Labute approximate surface area is 158 Å². The summed E-state index contributed by atoms with van der Waals surface area (Å²) >= 11 is 0. The molecule has 0 saturated carbocycles. The molecule has 3 rings (SSSR count). The first-order valence-corrected chi connectivity index (χ1v) is 9.69. The first-order chi connectivity index (χ1) is 13.0. The zero-order valence-electron chi connectivity index (χ0n) is 15.7. The summed E-state index contributed by atoms with van der Waals surface area (Å²) in [4.78, 5) is 24.7. The Morgan fingerprint density at radius 1 is 1.22 bits per heavy atom. The Hall–Kier alpha value is -2.50. The molecule has 0 fully saturated rings. The number of nitrogens with one attached hydrogen (secondary N) is 1. The molecule has 0 unspecified atom stereocenters. The van der Waals surface area contributed by atoms with Gasteiger partial charge in [0.15, 0.2) is 0 Å². The van der Waals surface area contributed by atoms with Crippen LogP contribution in [-0.2, 0) is 30.6 Å². The van der Waals surface area contributed by atoms with E-state index in [9.17, 15) is 14.0 Å². The van der Waals surface area contributed by atoms with Gasteiger partial charge in [-0.2, -0.15) is 5.10 Å². The van der Waals surface area contributed by atoms with Gasteiger partial charge in [0.2, 0.25) is 5.91 Å². The minimum absolute atomic E-state index is 0.109. The summed E-state index contributed by atoms with van der Waals surface area (Å²) in [5.74, 6) is -0.462. The van der Waals surface area contributed by atoms with Crippen LogP contribution in [0.25, 0.3) is 0 Å². The van der Waals surface area contributed by atoms with Crippen LogP contribution in [0.5, 0.6) is 0 Å². The molecular weight excluding hydrogens is 345 g/mol. The topological polar surface area (TPSA) is 64.0 Å². The van der Waals surface area contributed by atoms with Crippen LogP contribution in [-0.4, -0.2) is 21.7 Å². The molecule has 1 N–H and O–H groups in total. The molecule has 1 aliphatic rings. The summed E-state index contributed by atoms with van der Waals surface area (Å²) in [5, 5.41) is 7.54. The molecule has 1 heterocycles. The number of hydrogen-bond donors (Lipinski definition) is 1. The highest BCUT2D eigenvalue weighted by atomic mass is 19.1. The first-order valence-electron chi connectivity index (χ1n) is 9.69. The minimum atomic E-state index is -0.320. The number of halogens is 1. The van der Waals surface area contributed by atoms with Gasteiger partial charge < -0.3 is 5.32 Å².